The van der Waals surface area contributed by atoms with Crippen LogP contribution in [0.3, 0.4) is 0 Å². The number of amides is 9. The van der Waals surface area contributed by atoms with Crippen LogP contribution < -0.4 is 32.3 Å². The average Bonchev–Trinajstić information content (AvgIpc) is 2.28. The average molecular weight is 1210 g/mol. The monoisotopic (exact) mass is 1210 g/mol. The lowest BCUT2D eigenvalue weighted by atomic mass is 9.85. The van der Waals surface area contributed by atoms with Crippen molar-refractivity contribution in [3.05, 3.63) is 23.3 Å². The van der Waals surface area contributed by atoms with Crippen molar-refractivity contribution >= 4 is 104 Å². The van der Waals surface area contributed by atoms with Gasteiger partial charge in [-0.05, 0) is 55.1 Å². The van der Waals surface area contributed by atoms with Crippen LogP contribution in [0.5, 0.6) is 5.75 Å². The Labute approximate surface area is 492 Å². The number of nitrogens with two attached hydrogens (primary N) is 1. The minimum atomic E-state index is -2.45. The molecule has 2 fully saturated rings. The Bertz CT molecular complexity index is 2880. The van der Waals surface area contributed by atoms with E-state index in [1.165, 1.54) is 35.7 Å². The quantitative estimate of drug-likeness (QED) is 0.0581. The van der Waals surface area contributed by atoms with Crippen molar-refractivity contribution in [2.45, 2.75) is 158 Å². The van der Waals surface area contributed by atoms with Crippen LogP contribution in [-0.4, -0.2) is 191 Å². The molecule has 2 unspecified atom stereocenters. The van der Waals surface area contributed by atoms with Crippen molar-refractivity contribution in [3.63, 3.8) is 0 Å². The van der Waals surface area contributed by atoms with Crippen LogP contribution >= 0.6 is 11.8 Å². The third-order valence-corrected chi connectivity index (χ3v) is 18.7. The SMILES string of the molecule is CC[C@H](C)[C@@H]1CC(=O)CNC(=O)[C@H]2CC(=O)[C@H]([C@@H](C)[C@@H](O)CO)NC(=O)[C@@H]3C[C@@H](O)CN3C(=O)[C@H](CC(N)=O)NC(=O)[C@H](CS(=O)c3[nH]c4c(CSCCCC(=O)CCCCCN5C(=O)CC(C)C5=O)c(O)ccc4c3C2)NC(=O)CNC1=O. The molecule has 26 nitrogen and oxygen atoms in total. The number of aliphatic hydroxyl groups excluding tert-OH is 3. The van der Waals surface area contributed by atoms with Gasteiger partial charge in [0.1, 0.15) is 34.7 Å². The first-order valence-corrected chi connectivity index (χ1v) is 31.0. The highest BCUT2D eigenvalue weighted by atomic mass is 32.2. The molecule has 4 aliphatic heterocycles. The summed E-state index contributed by atoms with van der Waals surface area (Å²) in [5.74, 6) is -13.9. The molecular weight excluding hydrogens is 1130 g/mol. The fourth-order valence-electron chi connectivity index (χ4n) is 11.1. The van der Waals surface area contributed by atoms with E-state index in [9.17, 15) is 78.0 Å². The zero-order valence-corrected chi connectivity index (χ0v) is 49.4. The van der Waals surface area contributed by atoms with Gasteiger partial charge in [-0.15, -0.1) is 0 Å². The van der Waals surface area contributed by atoms with Gasteiger partial charge < -0.3 is 62.6 Å². The Morgan fingerprint density at radius 2 is 1.57 bits per heavy atom. The Kier molecular flexibility index (Phi) is 24.1. The number of fused-ring (bicyclic) bond motifs is 5. The molecule has 12 atom stereocenters. The van der Waals surface area contributed by atoms with Crippen molar-refractivity contribution in [1.82, 2.24) is 41.4 Å². The van der Waals surface area contributed by atoms with Crippen molar-refractivity contribution in [2.75, 3.05) is 44.3 Å². The van der Waals surface area contributed by atoms with Crippen molar-refractivity contribution in [1.29, 1.82) is 0 Å². The van der Waals surface area contributed by atoms with Gasteiger partial charge in [0.05, 0.1) is 66.4 Å². The number of Topliss-reactive ketones (excluding diaryl/α,β-unsaturated/α-hetero) is 3. The fraction of sp³-hybridized carbons (Fsp3) is 0.643. The number of aromatic nitrogens is 1. The molecule has 0 radical (unpaired) electrons. The molecule has 84 heavy (non-hydrogen) atoms. The highest BCUT2D eigenvalue weighted by Gasteiger charge is 2.45. The number of unbranched alkanes of at least 4 members (excludes halogenated alkanes) is 2. The van der Waals surface area contributed by atoms with Gasteiger partial charge in [0.15, 0.2) is 11.6 Å². The third-order valence-electron chi connectivity index (χ3n) is 16.2. The smallest absolute Gasteiger partial charge is 0.246 e. The molecule has 0 saturated carbocycles. The van der Waals surface area contributed by atoms with Gasteiger partial charge in [0.25, 0.3) is 0 Å². The summed E-state index contributed by atoms with van der Waals surface area (Å²) in [5, 5.41) is 55.9. The zero-order valence-electron chi connectivity index (χ0n) is 47.7. The molecule has 0 spiro atoms. The number of nitrogens with zero attached hydrogens (tertiary/aromatic N) is 2. The van der Waals surface area contributed by atoms with Crippen LogP contribution in [-0.2, 0) is 80.5 Å². The Hall–Kier alpha value is -6.62. The number of carbonyl (C=O) groups excluding carboxylic acids is 12. The lowest BCUT2D eigenvalue weighted by Gasteiger charge is -2.32. The number of aliphatic hydroxyl groups is 3. The zero-order chi connectivity index (χ0) is 61.7. The normalized spacial score (nSPS) is 26.6. The minimum Gasteiger partial charge on any atom is -0.508 e. The van der Waals surface area contributed by atoms with Gasteiger partial charge in [0.2, 0.25) is 53.2 Å². The first kappa shape index (κ1) is 66.5. The molecular formula is C56H79N9O17S2. The maximum atomic E-state index is 15.2. The van der Waals surface area contributed by atoms with Gasteiger partial charge in [-0.3, -0.25) is 66.6 Å². The van der Waals surface area contributed by atoms with E-state index in [0.29, 0.717) is 56.4 Å². The first-order valence-electron chi connectivity index (χ1n) is 28.6. The number of imide groups is 1. The molecule has 5 heterocycles. The number of H-pyrrole nitrogens is 1. The van der Waals surface area contributed by atoms with Gasteiger partial charge >= 0.3 is 0 Å². The summed E-state index contributed by atoms with van der Waals surface area (Å²) in [4.78, 5) is 169. The number of likely N-dealkylation sites (tertiary alicyclic amines) is 1. The van der Waals surface area contributed by atoms with E-state index in [1.54, 1.807) is 20.8 Å². The molecule has 0 aliphatic carbocycles. The van der Waals surface area contributed by atoms with Crippen molar-refractivity contribution in [3.8, 4) is 5.75 Å². The number of primary amides is 1. The number of aromatic amines is 1. The van der Waals surface area contributed by atoms with Gasteiger partial charge in [-0.1, -0.05) is 40.5 Å². The first-order chi connectivity index (χ1) is 39.8. The number of phenols is 1. The fourth-order valence-corrected chi connectivity index (χ4v) is 13.4. The van der Waals surface area contributed by atoms with Crippen LogP contribution in [0.15, 0.2) is 17.2 Å². The summed E-state index contributed by atoms with van der Waals surface area (Å²) in [6.07, 6.45) is -2.46. The second-order valence-electron chi connectivity index (χ2n) is 22.5. The van der Waals surface area contributed by atoms with E-state index in [2.05, 4.69) is 31.6 Å². The number of aromatic hydroxyl groups is 1. The number of phenolic OH excluding ortho intramolecular Hbond substituents is 1. The molecule has 4 aliphatic rings. The summed E-state index contributed by atoms with van der Waals surface area (Å²) in [6, 6.07) is -4.18. The maximum Gasteiger partial charge on any atom is 0.246 e. The third kappa shape index (κ3) is 17.1. The van der Waals surface area contributed by atoms with E-state index >= 15 is 4.21 Å². The summed E-state index contributed by atoms with van der Waals surface area (Å²) < 4.78 is 15.2. The summed E-state index contributed by atoms with van der Waals surface area (Å²) in [5.41, 5.74) is 6.20. The van der Waals surface area contributed by atoms with Gasteiger partial charge in [-0.25, -0.2) is 0 Å². The number of thioether (sulfide) groups is 1. The molecule has 1 aromatic carbocycles. The molecule has 2 saturated heterocycles. The standard InChI is InChI=1S/C56H79N9O17S2/c1-5-28(2)36-19-33(68)22-58-50(76)31-17-37-35-12-13-42(70)38(26-83-15-9-11-32(67)10-7-6-8-14-64-47(75)16-29(3)55(64)80)49(35)63-54(37)84(82)27-40(60-46(74)23-59-51(36)77)52(78)61-39(21-45(57)73)56(81)65-24-34(69)20-41(65)53(79)62-48(43(71)18-31)30(4)44(72)25-66/h12-13,28-31,34,36,39-41,44,48,63,66,69-70,72H,5-11,14-27H2,1-4H3,(H2,57,73)(H,58,76)(H,59,77)(H,60,74)(H,61,78)(H,62,79)/t28-,29?,30-,31+,34+,36-,39-,40-,41-,44-,48-,84?/m0/s1. The Morgan fingerprint density at radius 3 is 2.25 bits per heavy atom. The van der Waals surface area contributed by atoms with E-state index in [0.717, 1.165) is 4.90 Å². The Balaban J connectivity index is 1.40. The molecule has 1 aromatic heterocycles. The second kappa shape index (κ2) is 30.5. The van der Waals surface area contributed by atoms with Crippen LogP contribution in [0.2, 0.25) is 0 Å². The lowest BCUT2D eigenvalue weighted by molar-refractivity contribution is -0.144. The minimum absolute atomic E-state index is 0.0246. The molecule has 2 bridgehead atoms. The number of hydrogen-bond acceptors (Lipinski definition) is 18. The van der Waals surface area contributed by atoms with E-state index in [4.69, 9.17) is 5.73 Å². The second-order valence-corrected chi connectivity index (χ2v) is 25.0. The number of hydrogen-bond donors (Lipinski definition) is 11. The molecule has 462 valence electrons. The number of carbonyl (C=O) groups is 12. The van der Waals surface area contributed by atoms with Crippen LogP contribution in [0.25, 0.3) is 10.9 Å². The lowest BCUT2D eigenvalue weighted by Crippen LogP contribution is -2.60. The number of benzene rings is 1. The van der Waals surface area contributed by atoms with Crippen LogP contribution in [0, 0.1) is 29.6 Å². The summed E-state index contributed by atoms with van der Waals surface area (Å²) in [7, 11) is -2.45. The largest absolute Gasteiger partial charge is 0.508 e. The molecule has 2 aromatic rings. The highest BCUT2D eigenvalue weighted by molar-refractivity contribution is 7.98. The van der Waals surface area contributed by atoms with Gasteiger partial charge in [0, 0.05) is 92.0 Å². The van der Waals surface area contributed by atoms with E-state index in [-0.39, 0.29) is 69.4 Å². The van der Waals surface area contributed by atoms with Crippen molar-refractivity contribution in [2.24, 2.45) is 35.3 Å². The van der Waals surface area contributed by atoms with Crippen molar-refractivity contribution < 1.29 is 82.2 Å². The predicted molar refractivity (Wildman–Crippen MR) is 304 cm³/mol. The summed E-state index contributed by atoms with van der Waals surface area (Å²) in [6.45, 7) is 4.04. The molecule has 6 rings (SSSR count). The van der Waals surface area contributed by atoms with E-state index < -0.39 is 188 Å². The topological polar surface area (TPSA) is 411 Å². The maximum absolute atomic E-state index is 15.2. The number of ketones is 3. The summed E-state index contributed by atoms with van der Waals surface area (Å²) >= 11 is 1.36. The van der Waals surface area contributed by atoms with Crippen LogP contribution in [0.4, 0.5) is 0 Å². The highest BCUT2D eigenvalue weighted by Crippen LogP contribution is 2.37. The van der Waals surface area contributed by atoms with E-state index in [1.807, 2.05) is 0 Å². The Morgan fingerprint density at radius 1 is 0.857 bits per heavy atom. The van der Waals surface area contributed by atoms with Gasteiger partial charge in [-0.2, -0.15) is 11.8 Å². The molecule has 9 amide bonds. The predicted octanol–water partition coefficient (Wildman–Crippen LogP) is -1.20. The molecule has 12 N–H and O–H groups in total. The number of nitrogens with one attached hydrogen (secondary N) is 6. The molecule has 28 heteroatoms. The number of rotatable bonds is 19. The van der Waals surface area contributed by atoms with Crippen LogP contribution in [0.1, 0.15) is 116 Å².